The lowest BCUT2D eigenvalue weighted by Crippen LogP contribution is -2.47. The Kier molecular flexibility index (Phi) is 5.44. The van der Waals surface area contributed by atoms with Crippen LogP contribution in [0.2, 0.25) is 0 Å². The Hall–Kier alpha value is -3.00. The van der Waals surface area contributed by atoms with Crippen molar-refractivity contribution in [3.63, 3.8) is 0 Å². The maximum atomic E-state index is 12.9. The van der Waals surface area contributed by atoms with Crippen LogP contribution in [0, 0.1) is 0 Å². The summed E-state index contributed by atoms with van der Waals surface area (Å²) >= 11 is 1.56. The second kappa shape index (κ2) is 8.16. The number of ether oxygens (including phenoxy) is 1. The molecule has 0 radical (unpaired) electrons. The van der Waals surface area contributed by atoms with E-state index in [0.29, 0.717) is 28.6 Å². The first-order chi connectivity index (χ1) is 14.0. The number of thioether (sulfide) groups is 1. The van der Waals surface area contributed by atoms with Crippen molar-refractivity contribution in [1.29, 1.82) is 0 Å². The van der Waals surface area contributed by atoms with Crippen molar-refractivity contribution in [2.24, 2.45) is 0 Å². The van der Waals surface area contributed by atoms with Crippen LogP contribution in [0.15, 0.2) is 48.5 Å². The summed E-state index contributed by atoms with van der Waals surface area (Å²) in [7, 11) is 0. The van der Waals surface area contributed by atoms with Gasteiger partial charge in [-0.2, -0.15) is 0 Å². The molecule has 1 unspecified atom stereocenters. The Bertz CT molecular complexity index is 950. The van der Waals surface area contributed by atoms with E-state index in [1.54, 1.807) is 40.9 Å². The monoisotopic (exact) mass is 411 g/mol. The van der Waals surface area contributed by atoms with Crippen LogP contribution in [0.3, 0.4) is 0 Å². The molecule has 29 heavy (non-hydrogen) atoms. The summed E-state index contributed by atoms with van der Waals surface area (Å²) in [6, 6.07) is 13.6. The molecule has 2 aromatic rings. The standard InChI is InChI=1S/C21H21N3O4S/c1-13(15-7-8-18-16(9-15)23-19(25)10-28-18)22-20(26)17-11-29-12-24(17)21(27)14-5-3-2-4-6-14/h2-9,13,17H,10-12H2,1H3,(H,22,26)(H,23,25)/t13?,17-/m0/s1. The molecule has 8 heteroatoms. The van der Waals surface area contributed by atoms with Gasteiger partial charge in [-0.1, -0.05) is 24.3 Å². The zero-order valence-electron chi connectivity index (χ0n) is 15.9. The van der Waals surface area contributed by atoms with Crippen molar-refractivity contribution in [2.75, 3.05) is 23.6 Å². The molecule has 3 amide bonds. The normalized spacial score (nSPS) is 19.0. The van der Waals surface area contributed by atoms with Crippen molar-refractivity contribution in [3.8, 4) is 5.75 Å². The summed E-state index contributed by atoms with van der Waals surface area (Å²) in [6.07, 6.45) is 0. The molecule has 2 atom stereocenters. The minimum absolute atomic E-state index is 0.00323. The molecule has 2 aliphatic rings. The third kappa shape index (κ3) is 4.07. The minimum Gasteiger partial charge on any atom is -0.482 e. The van der Waals surface area contributed by atoms with E-state index < -0.39 is 6.04 Å². The van der Waals surface area contributed by atoms with Gasteiger partial charge in [-0.3, -0.25) is 14.4 Å². The summed E-state index contributed by atoms with van der Waals surface area (Å²) in [4.78, 5) is 38.8. The number of fused-ring (bicyclic) bond motifs is 1. The Morgan fingerprint density at radius 3 is 2.83 bits per heavy atom. The first-order valence-electron chi connectivity index (χ1n) is 9.33. The third-order valence-electron chi connectivity index (χ3n) is 4.96. The predicted molar refractivity (Wildman–Crippen MR) is 111 cm³/mol. The number of nitrogens with zero attached hydrogens (tertiary/aromatic N) is 1. The first kappa shape index (κ1) is 19.3. The van der Waals surface area contributed by atoms with Crippen molar-refractivity contribution in [3.05, 3.63) is 59.7 Å². The van der Waals surface area contributed by atoms with Gasteiger partial charge in [0, 0.05) is 11.3 Å². The van der Waals surface area contributed by atoms with Crippen molar-refractivity contribution in [2.45, 2.75) is 19.0 Å². The molecule has 2 aliphatic heterocycles. The highest BCUT2D eigenvalue weighted by molar-refractivity contribution is 7.99. The van der Waals surface area contributed by atoms with Crippen LogP contribution >= 0.6 is 11.8 Å². The number of nitrogens with one attached hydrogen (secondary N) is 2. The zero-order chi connectivity index (χ0) is 20.4. The van der Waals surface area contributed by atoms with Gasteiger partial charge in [0.25, 0.3) is 11.8 Å². The average molecular weight is 411 g/mol. The van der Waals surface area contributed by atoms with Gasteiger partial charge in [0.1, 0.15) is 11.8 Å². The van der Waals surface area contributed by atoms with Crippen LogP contribution in [-0.2, 0) is 9.59 Å². The van der Waals surface area contributed by atoms with Gasteiger partial charge >= 0.3 is 0 Å². The SMILES string of the molecule is CC(NC(=O)[C@@H]1CSCN1C(=O)c1ccccc1)c1ccc2c(c1)NC(=O)CO2. The number of carbonyl (C=O) groups excluding carboxylic acids is 3. The van der Waals surface area contributed by atoms with Gasteiger partial charge in [-0.25, -0.2) is 0 Å². The predicted octanol–water partition coefficient (Wildman–Crippen LogP) is 2.41. The Labute approximate surface area is 172 Å². The Morgan fingerprint density at radius 1 is 1.24 bits per heavy atom. The molecule has 0 bridgehead atoms. The van der Waals surface area contributed by atoms with Crippen molar-refractivity contribution < 1.29 is 19.1 Å². The fourth-order valence-electron chi connectivity index (χ4n) is 3.37. The highest BCUT2D eigenvalue weighted by atomic mass is 32.2. The molecule has 7 nitrogen and oxygen atoms in total. The molecule has 1 saturated heterocycles. The molecular formula is C21H21N3O4S. The lowest BCUT2D eigenvalue weighted by atomic mass is 10.1. The third-order valence-corrected chi connectivity index (χ3v) is 5.97. The van der Waals surface area contributed by atoms with Crippen LogP contribution in [-0.4, -0.2) is 46.9 Å². The fourth-order valence-corrected chi connectivity index (χ4v) is 4.52. The van der Waals surface area contributed by atoms with Crippen molar-refractivity contribution >= 4 is 35.2 Å². The summed E-state index contributed by atoms with van der Waals surface area (Å²) in [5.74, 6) is 1.12. The van der Waals surface area contributed by atoms with Crippen LogP contribution in [0.25, 0.3) is 0 Å². The van der Waals surface area contributed by atoms with Gasteiger partial charge in [0.15, 0.2) is 6.61 Å². The topological polar surface area (TPSA) is 87.7 Å². The molecule has 0 saturated carbocycles. The van der Waals surface area contributed by atoms with Crippen LogP contribution in [0.1, 0.15) is 28.9 Å². The van der Waals surface area contributed by atoms with Crippen LogP contribution < -0.4 is 15.4 Å². The number of amides is 3. The van der Waals surface area contributed by atoms with E-state index in [9.17, 15) is 14.4 Å². The highest BCUT2D eigenvalue weighted by Crippen LogP contribution is 2.31. The van der Waals surface area contributed by atoms with E-state index in [-0.39, 0.29) is 30.4 Å². The molecule has 150 valence electrons. The summed E-state index contributed by atoms with van der Waals surface area (Å²) < 4.78 is 5.37. The zero-order valence-corrected chi connectivity index (χ0v) is 16.7. The Morgan fingerprint density at radius 2 is 2.03 bits per heavy atom. The van der Waals surface area contributed by atoms with E-state index in [2.05, 4.69) is 10.6 Å². The summed E-state index contributed by atoms with van der Waals surface area (Å²) in [6.45, 7) is 1.87. The van der Waals surface area contributed by atoms with Gasteiger partial charge < -0.3 is 20.3 Å². The number of rotatable bonds is 4. The molecular weight excluding hydrogens is 390 g/mol. The highest BCUT2D eigenvalue weighted by Gasteiger charge is 2.35. The fraction of sp³-hybridized carbons (Fsp3) is 0.286. The number of carbonyl (C=O) groups is 3. The smallest absolute Gasteiger partial charge is 0.262 e. The summed E-state index contributed by atoms with van der Waals surface area (Å²) in [5, 5.41) is 5.76. The molecule has 2 N–H and O–H groups in total. The van der Waals surface area contributed by atoms with Gasteiger partial charge in [-0.15, -0.1) is 11.8 Å². The van der Waals surface area contributed by atoms with Gasteiger partial charge in [0.05, 0.1) is 17.6 Å². The largest absolute Gasteiger partial charge is 0.482 e. The number of hydrogen-bond donors (Lipinski definition) is 2. The number of benzene rings is 2. The van der Waals surface area contributed by atoms with E-state index in [0.717, 1.165) is 5.56 Å². The molecule has 2 heterocycles. The second-order valence-electron chi connectivity index (χ2n) is 6.98. The molecule has 0 aliphatic carbocycles. The molecule has 1 fully saturated rings. The summed E-state index contributed by atoms with van der Waals surface area (Å²) in [5.41, 5.74) is 2.01. The van der Waals surface area contributed by atoms with Crippen molar-refractivity contribution in [1.82, 2.24) is 10.2 Å². The lowest BCUT2D eigenvalue weighted by Gasteiger charge is -2.25. The molecule has 4 rings (SSSR count). The molecule has 2 aromatic carbocycles. The number of hydrogen-bond acceptors (Lipinski definition) is 5. The van der Waals surface area contributed by atoms with Crippen LogP contribution in [0.4, 0.5) is 5.69 Å². The van der Waals surface area contributed by atoms with E-state index >= 15 is 0 Å². The van der Waals surface area contributed by atoms with Gasteiger partial charge in [0.2, 0.25) is 5.91 Å². The van der Waals surface area contributed by atoms with Crippen LogP contribution in [0.5, 0.6) is 5.75 Å². The maximum Gasteiger partial charge on any atom is 0.262 e. The molecule has 0 aromatic heterocycles. The minimum atomic E-state index is -0.518. The van der Waals surface area contributed by atoms with E-state index in [1.807, 2.05) is 31.2 Å². The Balaban J connectivity index is 1.45. The molecule has 0 spiro atoms. The maximum absolute atomic E-state index is 12.9. The number of anilines is 1. The average Bonchev–Trinajstić information content (AvgIpc) is 3.23. The first-order valence-corrected chi connectivity index (χ1v) is 10.5. The lowest BCUT2D eigenvalue weighted by molar-refractivity contribution is -0.125. The van der Waals surface area contributed by atoms with E-state index in [1.165, 1.54) is 0 Å². The quantitative estimate of drug-likeness (QED) is 0.807. The van der Waals surface area contributed by atoms with Gasteiger partial charge in [-0.05, 0) is 36.8 Å². The second-order valence-corrected chi connectivity index (χ2v) is 7.98. The van der Waals surface area contributed by atoms with E-state index in [4.69, 9.17) is 4.74 Å².